The van der Waals surface area contributed by atoms with Gasteiger partial charge in [0, 0.05) is 57.7 Å². The lowest BCUT2D eigenvalue weighted by Crippen LogP contribution is -2.54. The molecule has 0 radical (unpaired) electrons. The first-order valence-corrected chi connectivity index (χ1v) is 21.4. The van der Waals surface area contributed by atoms with Gasteiger partial charge in [0.15, 0.2) is 0 Å². The molecule has 3 heterocycles. The van der Waals surface area contributed by atoms with Gasteiger partial charge in [-0.1, -0.05) is 70.1 Å². The highest BCUT2D eigenvalue weighted by molar-refractivity contribution is 6.35. The van der Waals surface area contributed by atoms with Gasteiger partial charge < -0.3 is 31.5 Å². The van der Waals surface area contributed by atoms with Crippen LogP contribution in [0.25, 0.3) is 0 Å². The van der Waals surface area contributed by atoms with Crippen molar-refractivity contribution < 1.29 is 19.2 Å². The average Bonchev–Trinajstić information content (AvgIpc) is 3.23. The molecule has 17 heteroatoms. The fourth-order valence-corrected chi connectivity index (χ4v) is 7.59. The van der Waals surface area contributed by atoms with Crippen molar-refractivity contribution in [2.24, 2.45) is 0 Å². The first kappa shape index (κ1) is 46.8. The molecule has 0 bridgehead atoms. The Kier molecular flexibility index (Phi) is 15.7. The smallest absolute Gasteiger partial charge is 0.257 e. The third-order valence-electron chi connectivity index (χ3n) is 9.61. The van der Waals surface area contributed by atoms with E-state index in [2.05, 4.69) is 55.3 Å². The number of halogens is 5. The SMILES string of the molecule is Cc1nc(Cl)ccc1C(=O)Nc1ccc(Cl)c(NC(=O)c2cccc(Cl)c2)c1.Cc1nc(N2C[C@@H](C)N[C@@H](C)C2)ccc1C(=O)Nc1ccc(Cl)c(NC(=O)c2cccc(Cl)c2)c1. The maximum absolute atomic E-state index is 13.0. The molecule has 324 valence electrons. The number of hydrogen-bond acceptors (Lipinski definition) is 8. The summed E-state index contributed by atoms with van der Waals surface area (Å²) < 4.78 is 0. The number of carbonyl (C=O) groups excluding carboxylic acids is 4. The van der Waals surface area contributed by atoms with Crippen LogP contribution in [0.5, 0.6) is 0 Å². The Morgan fingerprint density at radius 2 is 1.02 bits per heavy atom. The highest BCUT2D eigenvalue weighted by atomic mass is 35.5. The van der Waals surface area contributed by atoms with E-state index in [0.29, 0.717) is 93.7 Å². The van der Waals surface area contributed by atoms with Gasteiger partial charge in [-0.2, -0.15) is 0 Å². The number of pyridine rings is 2. The zero-order valence-electron chi connectivity index (χ0n) is 34.3. The van der Waals surface area contributed by atoms with Crippen molar-refractivity contribution >= 4 is 110 Å². The molecule has 6 aromatic rings. The monoisotopic (exact) mass is 944 g/mol. The molecule has 1 aliphatic rings. The van der Waals surface area contributed by atoms with E-state index in [1.807, 2.05) is 13.0 Å². The molecule has 4 aromatic carbocycles. The van der Waals surface area contributed by atoms with Gasteiger partial charge in [-0.25, -0.2) is 9.97 Å². The van der Waals surface area contributed by atoms with E-state index in [9.17, 15) is 19.2 Å². The van der Waals surface area contributed by atoms with Crippen molar-refractivity contribution in [1.29, 1.82) is 0 Å². The highest BCUT2D eigenvalue weighted by Crippen LogP contribution is 2.29. The second kappa shape index (κ2) is 21.1. The number of nitrogens with zero attached hydrogens (tertiary/aromatic N) is 3. The van der Waals surface area contributed by atoms with Crippen LogP contribution in [0.15, 0.2) is 109 Å². The van der Waals surface area contributed by atoms with Crippen LogP contribution in [-0.4, -0.2) is 58.8 Å². The molecular formula is C46H41Cl5N8O4. The van der Waals surface area contributed by atoms with Crippen molar-refractivity contribution in [1.82, 2.24) is 15.3 Å². The van der Waals surface area contributed by atoms with Crippen LogP contribution in [-0.2, 0) is 0 Å². The Balaban J connectivity index is 0.000000215. The molecule has 5 N–H and O–H groups in total. The molecule has 1 saturated heterocycles. The third-order valence-corrected chi connectivity index (χ3v) is 11.0. The fraction of sp³-hybridized carbons (Fsp3) is 0.174. The van der Waals surface area contributed by atoms with Crippen LogP contribution >= 0.6 is 58.0 Å². The summed E-state index contributed by atoms with van der Waals surface area (Å²) in [7, 11) is 0. The van der Waals surface area contributed by atoms with Crippen molar-refractivity contribution in [3.05, 3.63) is 168 Å². The van der Waals surface area contributed by atoms with E-state index in [4.69, 9.17) is 58.0 Å². The van der Waals surface area contributed by atoms with E-state index in [0.717, 1.165) is 18.9 Å². The Bertz CT molecular complexity index is 2690. The average molecular weight is 947 g/mol. The van der Waals surface area contributed by atoms with Crippen LogP contribution in [0.4, 0.5) is 28.6 Å². The first-order valence-electron chi connectivity index (χ1n) is 19.5. The summed E-state index contributed by atoms with van der Waals surface area (Å²) in [6, 6.07) is 30.4. The Labute approximate surface area is 389 Å². The number of amides is 4. The van der Waals surface area contributed by atoms with Crippen molar-refractivity contribution in [2.75, 3.05) is 39.3 Å². The molecular weight excluding hydrogens is 906 g/mol. The minimum atomic E-state index is -0.370. The summed E-state index contributed by atoms with van der Waals surface area (Å²) in [5.41, 5.74) is 4.50. The zero-order chi connectivity index (χ0) is 45.4. The minimum absolute atomic E-state index is 0.293. The van der Waals surface area contributed by atoms with Gasteiger partial charge in [-0.15, -0.1) is 0 Å². The zero-order valence-corrected chi connectivity index (χ0v) is 38.1. The van der Waals surface area contributed by atoms with Crippen LogP contribution < -0.4 is 31.5 Å². The van der Waals surface area contributed by atoms with E-state index >= 15 is 0 Å². The second-order valence-corrected chi connectivity index (χ2v) is 16.7. The Morgan fingerprint density at radius 3 is 1.46 bits per heavy atom. The number of carbonyl (C=O) groups is 4. The first-order chi connectivity index (χ1) is 30.0. The van der Waals surface area contributed by atoms with Gasteiger partial charge in [0.05, 0.1) is 43.9 Å². The van der Waals surface area contributed by atoms with Crippen molar-refractivity contribution in [3.63, 3.8) is 0 Å². The maximum Gasteiger partial charge on any atom is 0.257 e. The molecule has 0 unspecified atom stereocenters. The Hall–Kier alpha value is -5.73. The van der Waals surface area contributed by atoms with Crippen LogP contribution in [0.1, 0.15) is 66.7 Å². The number of aromatic nitrogens is 2. The van der Waals surface area contributed by atoms with E-state index in [1.54, 1.807) is 110 Å². The molecule has 2 aromatic heterocycles. The molecule has 12 nitrogen and oxygen atoms in total. The van der Waals surface area contributed by atoms with E-state index < -0.39 is 0 Å². The molecule has 7 rings (SSSR count). The van der Waals surface area contributed by atoms with Crippen LogP contribution in [0.2, 0.25) is 25.2 Å². The van der Waals surface area contributed by atoms with Crippen LogP contribution in [0.3, 0.4) is 0 Å². The number of anilines is 5. The summed E-state index contributed by atoms with van der Waals surface area (Å²) in [5, 5.41) is 16.5. The predicted molar refractivity (Wildman–Crippen MR) is 255 cm³/mol. The minimum Gasteiger partial charge on any atom is -0.354 e. The van der Waals surface area contributed by atoms with Gasteiger partial charge in [0.1, 0.15) is 11.0 Å². The molecule has 0 spiro atoms. The summed E-state index contributed by atoms with van der Waals surface area (Å²) in [6.45, 7) is 9.53. The van der Waals surface area contributed by atoms with Gasteiger partial charge in [-0.05, 0) is 125 Å². The third kappa shape index (κ3) is 12.7. The van der Waals surface area contributed by atoms with E-state index in [-0.39, 0.29) is 23.6 Å². The summed E-state index contributed by atoms with van der Waals surface area (Å²) in [6.07, 6.45) is 0. The lowest BCUT2D eigenvalue weighted by Gasteiger charge is -2.37. The fourth-order valence-electron chi connectivity index (χ4n) is 6.69. The van der Waals surface area contributed by atoms with Gasteiger partial charge in [0.2, 0.25) is 0 Å². The highest BCUT2D eigenvalue weighted by Gasteiger charge is 2.23. The molecule has 1 aliphatic heterocycles. The maximum atomic E-state index is 13.0. The topological polar surface area (TPSA) is 157 Å². The number of aryl methyl sites for hydroxylation is 2. The number of rotatable bonds is 9. The van der Waals surface area contributed by atoms with Crippen molar-refractivity contribution in [3.8, 4) is 0 Å². The number of benzene rings is 4. The quantitative estimate of drug-likeness (QED) is 0.0897. The van der Waals surface area contributed by atoms with E-state index in [1.165, 1.54) is 0 Å². The van der Waals surface area contributed by atoms with Crippen molar-refractivity contribution in [2.45, 2.75) is 39.8 Å². The molecule has 0 aliphatic carbocycles. The van der Waals surface area contributed by atoms with Gasteiger partial charge in [-0.3, -0.25) is 19.2 Å². The Morgan fingerprint density at radius 1 is 0.556 bits per heavy atom. The normalized spacial score (nSPS) is 14.5. The lowest BCUT2D eigenvalue weighted by atomic mass is 10.1. The van der Waals surface area contributed by atoms with Gasteiger partial charge >= 0.3 is 0 Å². The molecule has 4 amide bonds. The summed E-state index contributed by atoms with van der Waals surface area (Å²) >= 11 is 30.2. The number of piperazine rings is 1. The molecule has 0 saturated carbocycles. The summed E-state index contributed by atoms with van der Waals surface area (Å²) in [5.74, 6) is -0.512. The lowest BCUT2D eigenvalue weighted by molar-refractivity contribution is 0.101. The summed E-state index contributed by atoms with van der Waals surface area (Å²) in [4.78, 5) is 61.5. The number of nitrogens with one attached hydrogen (secondary N) is 5. The molecule has 63 heavy (non-hydrogen) atoms. The standard InChI is InChI=1S/C26H27Cl2N5O2.C20H14Cl3N3O2/c1-15-13-33(14-16(2)29-15)24-10-8-21(17(3)30-24)26(35)31-20-7-9-22(28)23(12-20)32-25(34)18-5-4-6-19(27)11-18;1-11-15(6-8-18(23)24-11)20(28)25-14-5-7-16(22)17(10-14)26-19(27)12-3-2-4-13(21)9-12/h4-12,15-16,29H,13-14H2,1-3H3,(H,31,35)(H,32,34);2-10H,1H3,(H,25,28)(H,26,27)/t15-,16+;. The van der Waals surface area contributed by atoms with Crippen LogP contribution in [0, 0.1) is 13.8 Å². The largest absolute Gasteiger partial charge is 0.354 e. The predicted octanol–water partition coefficient (Wildman–Crippen LogP) is 11.2. The van der Waals surface area contributed by atoms with Gasteiger partial charge in [0.25, 0.3) is 23.6 Å². The molecule has 2 atom stereocenters. The number of hydrogen-bond donors (Lipinski definition) is 5. The second-order valence-electron chi connectivity index (χ2n) is 14.7. The molecule has 1 fully saturated rings.